The van der Waals surface area contributed by atoms with Gasteiger partial charge in [0.1, 0.15) is 0 Å². The third-order valence-corrected chi connectivity index (χ3v) is 3.09. The monoisotopic (exact) mass is 331 g/mol. The molecule has 1 aromatic carbocycles. The van der Waals surface area contributed by atoms with Crippen LogP contribution in [0.15, 0.2) is 22.7 Å². The predicted molar refractivity (Wildman–Crippen MR) is 67.8 cm³/mol. The largest absolute Gasteiger partial charge is 0.285 e. The number of nitrogens with zero attached hydrogens (tertiary/aromatic N) is 5. The fourth-order valence-electron chi connectivity index (χ4n) is 1.40. The summed E-state index contributed by atoms with van der Waals surface area (Å²) >= 11 is 9.04. The molecule has 0 bridgehead atoms. The van der Waals surface area contributed by atoms with Crippen LogP contribution in [0.1, 0.15) is 18.1 Å². The normalized spacial score (nSPS) is 12.4. The molecule has 0 saturated carbocycles. The molecule has 2 rings (SSSR count). The zero-order valence-corrected chi connectivity index (χ0v) is 11.5. The first-order valence-corrected chi connectivity index (χ1v) is 6.10. The lowest BCUT2D eigenvalue weighted by atomic mass is 10.3. The lowest BCUT2D eigenvalue weighted by molar-refractivity contribution is -0.385. The van der Waals surface area contributed by atoms with Gasteiger partial charge in [0.2, 0.25) is 0 Å². The van der Waals surface area contributed by atoms with Gasteiger partial charge in [0, 0.05) is 6.07 Å². The van der Waals surface area contributed by atoms with Crippen LogP contribution >= 0.6 is 27.5 Å². The number of hydrogen-bond donors (Lipinski definition) is 0. The number of aromatic nitrogens is 4. The van der Waals surface area contributed by atoms with Crippen LogP contribution in [-0.2, 0) is 0 Å². The van der Waals surface area contributed by atoms with E-state index in [1.807, 2.05) is 0 Å². The molecule has 0 fully saturated rings. The number of halogens is 2. The topological polar surface area (TPSA) is 86.7 Å². The summed E-state index contributed by atoms with van der Waals surface area (Å²) in [7, 11) is 0. The van der Waals surface area contributed by atoms with Crippen molar-refractivity contribution in [1.29, 1.82) is 0 Å². The summed E-state index contributed by atoms with van der Waals surface area (Å²) < 4.78 is 1.77. The average Bonchev–Trinajstić information content (AvgIpc) is 2.78. The highest BCUT2D eigenvalue weighted by Crippen LogP contribution is 2.28. The highest BCUT2D eigenvalue weighted by Gasteiger charge is 2.17. The number of nitro benzene ring substituents is 1. The molecule has 0 radical (unpaired) electrons. The first kappa shape index (κ1) is 12.9. The Morgan fingerprint density at radius 2 is 2.28 bits per heavy atom. The van der Waals surface area contributed by atoms with Gasteiger partial charge in [-0.25, -0.2) is 0 Å². The van der Waals surface area contributed by atoms with Crippen LogP contribution in [0, 0.1) is 10.1 Å². The second kappa shape index (κ2) is 4.99. The van der Waals surface area contributed by atoms with Crippen LogP contribution in [-0.4, -0.2) is 25.1 Å². The molecule has 1 unspecified atom stereocenters. The van der Waals surface area contributed by atoms with Crippen molar-refractivity contribution in [3.05, 3.63) is 38.6 Å². The predicted octanol–water partition coefficient (Wildman–Crippen LogP) is 2.63. The van der Waals surface area contributed by atoms with Gasteiger partial charge in [-0.05, 0) is 45.4 Å². The molecule has 0 spiro atoms. The van der Waals surface area contributed by atoms with Crippen molar-refractivity contribution in [3.8, 4) is 5.69 Å². The Balaban J connectivity index is 2.54. The van der Waals surface area contributed by atoms with E-state index in [1.165, 1.54) is 10.7 Å². The number of rotatable bonds is 3. The maximum Gasteiger partial charge on any atom is 0.285 e. The van der Waals surface area contributed by atoms with Crippen LogP contribution in [0.5, 0.6) is 0 Å². The fourth-order valence-corrected chi connectivity index (χ4v) is 1.93. The molecule has 18 heavy (non-hydrogen) atoms. The minimum Gasteiger partial charge on any atom is -0.258 e. The van der Waals surface area contributed by atoms with E-state index < -0.39 is 10.3 Å². The SMILES string of the molecule is CC(Cl)c1nnnn1-c1ccc(Br)c([N+](=O)[O-])c1. The summed E-state index contributed by atoms with van der Waals surface area (Å²) in [5.74, 6) is 0.424. The minimum absolute atomic E-state index is 0.0591. The van der Waals surface area contributed by atoms with Gasteiger partial charge in [-0.15, -0.1) is 16.7 Å². The molecule has 0 saturated heterocycles. The molecule has 0 aliphatic heterocycles. The summed E-state index contributed by atoms with van der Waals surface area (Å²) in [6.07, 6.45) is 0. The van der Waals surface area contributed by atoms with Gasteiger partial charge in [0.15, 0.2) is 5.82 Å². The molecule has 0 amide bonds. The maximum absolute atomic E-state index is 10.9. The summed E-state index contributed by atoms with van der Waals surface area (Å²) in [6, 6.07) is 4.61. The molecule has 0 aliphatic carbocycles. The molecule has 7 nitrogen and oxygen atoms in total. The van der Waals surface area contributed by atoms with E-state index >= 15 is 0 Å². The molecule has 0 N–H and O–H groups in total. The number of alkyl halides is 1. The van der Waals surface area contributed by atoms with Crippen molar-refractivity contribution >= 4 is 33.2 Å². The number of benzene rings is 1. The van der Waals surface area contributed by atoms with Crippen molar-refractivity contribution in [2.24, 2.45) is 0 Å². The lowest BCUT2D eigenvalue weighted by Crippen LogP contribution is -2.04. The van der Waals surface area contributed by atoms with Crippen molar-refractivity contribution in [2.75, 3.05) is 0 Å². The van der Waals surface area contributed by atoms with Crippen LogP contribution in [0.25, 0.3) is 5.69 Å². The van der Waals surface area contributed by atoms with Crippen LogP contribution in [0.3, 0.4) is 0 Å². The first-order valence-electron chi connectivity index (χ1n) is 4.87. The van der Waals surface area contributed by atoms with Crippen molar-refractivity contribution in [1.82, 2.24) is 20.2 Å². The van der Waals surface area contributed by atoms with Gasteiger partial charge in [0.25, 0.3) is 5.69 Å². The molecular formula is C9H7BrClN5O2. The van der Waals surface area contributed by atoms with Crippen molar-refractivity contribution in [3.63, 3.8) is 0 Å². The highest BCUT2D eigenvalue weighted by atomic mass is 79.9. The first-order chi connectivity index (χ1) is 8.50. The summed E-state index contributed by atoms with van der Waals surface area (Å²) in [5.41, 5.74) is 0.425. The Morgan fingerprint density at radius 1 is 1.56 bits per heavy atom. The van der Waals surface area contributed by atoms with Gasteiger partial charge >= 0.3 is 0 Å². The number of hydrogen-bond acceptors (Lipinski definition) is 5. The zero-order valence-electron chi connectivity index (χ0n) is 9.12. The van der Waals surface area contributed by atoms with Crippen LogP contribution < -0.4 is 0 Å². The van der Waals surface area contributed by atoms with Crippen LogP contribution in [0.4, 0.5) is 5.69 Å². The molecule has 0 aliphatic rings. The number of tetrazole rings is 1. The second-order valence-corrected chi connectivity index (χ2v) is 4.97. The van der Waals surface area contributed by atoms with Gasteiger partial charge < -0.3 is 0 Å². The third-order valence-electron chi connectivity index (χ3n) is 2.22. The van der Waals surface area contributed by atoms with E-state index in [9.17, 15) is 10.1 Å². The number of nitro groups is 1. The van der Waals surface area contributed by atoms with Gasteiger partial charge in [-0.1, -0.05) is 0 Å². The molecule has 1 atom stereocenters. The summed E-state index contributed by atoms with van der Waals surface area (Å²) in [6.45, 7) is 1.72. The van der Waals surface area contributed by atoms with Gasteiger partial charge in [0.05, 0.1) is 20.5 Å². The second-order valence-electron chi connectivity index (χ2n) is 3.46. The molecular weight excluding hydrogens is 325 g/mol. The standard InChI is InChI=1S/C9H7BrClN5O2/c1-5(11)9-12-13-14-15(9)6-2-3-7(10)8(4-6)16(17)18/h2-5H,1H3. The molecule has 94 valence electrons. The minimum atomic E-state index is -0.484. The molecule has 1 aromatic heterocycles. The van der Waals surface area contributed by atoms with E-state index in [-0.39, 0.29) is 5.69 Å². The quantitative estimate of drug-likeness (QED) is 0.490. The Labute approximate surface area is 115 Å². The summed E-state index contributed by atoms with van der Waals surface area (Å²) in [4.78, 5) is 10.4. The Bertz CT molecular complexity index is 600. The Morgan fingerprint density at radius 3 is 2.89 bits per heavy atom. The summed E-state index contributed by atoms with van der Waals surface area (Å²) in [5, 5.41) is 21.5. The maximum atomic E-state index is 10.9. The van der Waals surface area contributed by atoms with E-state index in [0.717, 1.165) is 0 Å². The van der Waals surface area contributed by atoms with E-state index in [2.05, 4.69) is 31.5 Å². The highest BCUT2D eigenvalue weighted by molar-refractivity contribution is 9.10. The zero-order chi connectivity index (χ0) is 13.3. The molecule has 2 aromatic rings. The molecule has 1 heterocycles. The smallest absolute Gasteiger partial charge is 0.258 e. The molecule has 9 heteroatoms. The third kappa shape index (κ3) is 2.34. The van der Waals surface area contributed by atoms with E-state index in [1.54, 1.807) is 19.1 Å². The van der Waals surface area contributed by atoms with E-state index in [4.69, 9.17) is 11.6 Å². The Kier molecular flexibility index (Phi) is 3.58. The van der Waals surface area contributed by atoms with Crippen molar-refractivity contribution < 1.29 is 4.92 Å². The average molecular weight is 333 g/mol. The Hall–Kier alpha value is -1.54. The van der Waals surface area contributed by atoms with Crippen molar-refractivity contribution in [2.45, 2.75) is 12.3 Å². The van der Waals surface area contributed by atoms with Gasteiger partial charge in [-0.3, -0.25) is 10.1 Å². The fraction of sp³-hybridized carbons (Fsp3) is 0.222. The van der Waals surface area contributed by atoms with Gasteiger partial charge in [-0.2, -0.15) is 4.68 Å². The van der Waals surface area contributed by atoms with Crippen LogP contribution in [0.2, 0.25) is 0 Å². The van der Waals surface area contributed by atoms with E-state index in [0.29, 0.717) is 16.0 Å². The lowest BCUT2D eigenvalue weighted by Gasteiger charge is -2.06.